The van der Waals surface area contributed by atoms with E-state index in [9.17, 15) is 8.42 Å². The zero-order valence-corrected chi connectivity index (χ0v) is 13.7. The van der Waals surface area contributed by atoms with Crippen LogP contribution < -0.4 is 10.5 Å². The molecule has 5 nitrogen and oxygen atoms in total. The number of benzene rings is 1. The summed E-state index contributed by atoms with van der Waals surface area (Å²) in [6.45, 7) is 5.72. The number of hydrogen-bond donors (Lipinski definition) is 1. The van der Waals surface area contributed by atoms with E-state index in [-0.39, 0.29) is 5.41 Å². The topological polar surface area (TPSA) is 72.6 Å². The number of ether oxygens (including phenoxy) is 1. The molecule has 1 fully saturated rings. The van der Waals surface area contributed by atoms with Crippen LogP contribution in [-0.2, 0) is 16.4 Å². The summed E-state index contributed by atoms with van der Waals surface area (Å²) < 4.78 is 32.5. The van der Waals surface area contributed by atoms with Crippen molar-refractivity contribution in [1.82, 2.24) is 4.31 Å². The number of nitrogens with zero attached hydrogens (tertiary/aromatic N) is 1. The smallest absolute Gasteiger partial charge is 0.243 e. The second-order valence-corrected chi connectivity index (χ2v) is 8.17. The van der Waals surface area contributed by atoms with E-state index < -0.39 is 10.0 Å². The Morgan fingerprint density at radius 3 is 2.62 bits per heavy atom. The molecule has 0 amide bonds. The summed E-state index contributed by atoms with van der Waals surface area (Å²) in [7, 11) is -1.90. The second kappa shape index (κ2) is 5.94. The molecule has 0 saturated carbocycles. The van der Waals surface area contributed by atoms with E-state index in [1.807, 2.05) is 0 Å². The van der Waals surface area contributed by atoms with Crippen molar-refractivity contribution in [3.8, 4) is 5.75 Å². The maximum absolute atomic E-state index is 12.9. The number of sulfonamides is 1. The zero-order valence-electron chi connectivity index (χ0n) is 12.9. The van der Waals surface area contributed by atoms with E-state index in [1.165, 1.54) is 0 Å². The molecular formula is C15H24N2O3S. The number of rotatable bonds is 5. The quantitative estimate of drug-likeness (QED) is 0.896. The fraction of sp³-hybridized carbons (Fsp3) is 0.600. The molecule has 0 aromatic heterocycles. The molecule has 2 N–H and O–H groups in total. The van der Waals surface area contributed by atoms with Crippen LogP contribution in [0.4, 0.5) is 0 Å². The average molecular weight is 312 g/mol. The Bertz CT molecular complexity index is 611. The SMILES string of the molecule is COc1ccc(S(=O)(=O)N2CCC(C)(C)C2)c(CCN)c1. The number of hydrogen-bond acceptors (Lipinski definition) is 4. The zero-order chi connectivity index (χ0) is 15.7. The van der Waals surface area contributed by atoms with Crippen LogP contribution in [0, 0.1) is 5.41 Å². The summed E-state index contributed by atoms with van der Waals surface area (Å²) in [6, 6.07) is 5.08. The van der Waals surface area contributed by atoms with Gasteiger partial charge in [0.15, 0.2) is 0 Å². The monoisotopic (exact) mass is 312 g/mol. The lowest BCUT2D eigenvalue weighted by Crippen LogP contribution is -2.31. The molecule has 1 aliphatic heterocycles. The Hall–Kier alpha value is -1.11. The Kier molecular flexibility index (Phi) is 4.60. The summed E-state index contributed by atoms with van der Waals surface area (Å²) in [5.41, 5.74) is 6.37. The van der Waals surface area contributed by atoms with Gasteiger partial charge in [0.05, 0.1) is 12.0 Å². The van der Waals surface area contributed by atoms with Crippen molar-refractivity contribution in [2.75, 3.05) is 26.7 Å². The van der Waals surface area contributed by atoms with Crippen molar-refractivity contribution in [3.63, 3.8) is 0 Å². The van der Waals surface area contributed by atoms with Gasteiger partial charge in [0, 0.05) is 13.1 Å². The lowest BCUT2D eigenvalue weighted by atomic mass is 9.93. The Balaban J connectivity index is 2.40. The van der Waals surface area contributed by atoms with E-state index in [2.05, 4.69) is 13.8 Å². The van der Waals surface area contributed by atoms with Crippen molar-refractivity contribution < 1.29 is 13.2 Å². The molecule has 0 radical (unpaired) electrons. The number of nitrogens with two attached hydrogens (primary N) is 1. The Morgan fingerprint density at radius 2 is 2.10 bits per heavy atom. The third-order valence-electron chi connectivity index (χ3n) is 3.94. The third-order valence-corrected chi connectivity index (χ3v) is 5.89. The Morgan fingerprint density at radius 1 is 1.38 bits per heavy atom. The molecule has 21 heavy (non-hydrogen) atoms. The van der Waals surface area contributed by atoms with Gasteiger partial charge in [-0.05, 0) is 48.6 Å². The number of methoxy groups -OCH3 is 1. The molecule has 0 bridgehead atoms. The lowest BCUT2D eigenvalue weighted by Gasteiger charge is -2.21. The summed E-state index contributed by atoms with van der Waals surface area (Å²) in [5.74, 6) is 0.652. The highest BCUT2D eigenvalue weighted by molar-refractivity contribution is 7.89. The highest BCUT2D eigenvalue weighted by Gasteiger charge is 2.37. The summed E-state index contributed by atoms with van der Waals surface area (Å²) >= 11 is 0. The first-order chi connectivity index (χ1) is 9.80. The van der Waals surface area contributed by atoms with Crippen LogP contribution in [0.5, 0.6) is 5.75 Å². The molecule has 0 aliphatic carbocycles. The van der Waals surface area contributed by atoms with Crippen molar-refractivity contribution in [3.05, 3.63) is 23.8 Å². The first kappa shape index (κ1) is 16.3. The van der Waals surface area contributed by atoms with Crippen LogP contribution in [0.15, 0.2) is 23.1 Å². The van der Waals surface area contributed by atoms with Crippen molar-refractivity contribution in [1.29, 1.82) is 0 Å². The van der Waals surface area contributed by atoms with Gasteiger partial charge in [0.1, 0.15) is 5.75 Å². The van der Waals surface area contributed by atoms with Crippen molar-refractivity contribution in [2.45, 2.75) is 31.6 Å². The molecule has 1 saturated heterocycles. The average Bonchev–Trinajstić information content (AvgIpc) is 2.80. The van der Waals surface area contributed by atoms with Gasteiger partial charge in [-0.1, -0.05) is 13.8 Å². The Labute approximate surface area is 127 Å². The van der Waals surface area contributed by atoms with Crippen LogP contribution in [0.2, 0.25) is 0 Å². The van der Waals surface area contributed by atoms with Crippen molar-refractivity contribution >= 4 is 10.0 Å². The molecule has 1 heterocycles. The predicted octanol–water partition coefficient (Wildman–Crippen LogP) is 1.62. The van der Waals surface area contributed by atoms with Crippen LogP contribution in [-0.4, -0.2) is 39.5 Å². The van der Waals surface area contributed by atoms with Crippen LogP contribution in [0.25, 0.3) is 0 Å². The van der Waals surface area contributed by atoms with Gasteiger partial charge in [-0.25, -0.2) is 8.42 Å². The van der Waals surface area contributed by atoms with E-state index in [1.54, 1.807) is 29.6 Å². The van der Waals surface area contributed by atoms with Gasteiger partial charge >= 0.3 is 0 Å². The summed E-state index contributed by atoms with van der Waals surface area (Å²) in [4.78, 5) is 0.353. The van der Waals surface area contributed by atoms with Gasteiger partial charge in [0.25, 0.3) is 0 Å². The predicted molar refractivity (Wildman–Crippen MR) is 82.9 cm³/mol. The normalized spacial score (nSPS) is 18.9. The van der Waals surface area contributed by atoms with E-state index in [0.29, 0.717) is 36.7 Å². The standard InChI is InChI=1S/C15H24N2O3S/c1-15(2)7-9-17(11-15)21(18,19)14-5-4-13(20-3)10-12(14)6-8-16/h4-5,10H,6-9,11,16H2,1-3H3. The minimum absolute atomic E-state index is 0.0353. The van der Waals surface area contributed by atoms with Crippen LogP contribution in [0.3, 0.4) is 0 Å². The molecule has 6 heteroatoms. The van der Waals surface area contributed by atoms with E-state index >= 15 is 0 Å². The summed E-state index contributed by atoms with van der Waals surface area (Å²) in [6.07, 6.45) is 1.40. The maximum Gasteiger partial charge on any atom is 0.243 e. The van der Waals surface area contributed by atoms with Crippen molar-refractivity contribution in [2.24, 2.45) is 11.1 Å². The van der Waals surface area contributed by atoms with E-state index in [0.717, 1.165) is 12.0 Å². The first-order valence-corrected chi connectivity index (χ1v) is 8.61. The highest BCUT2D eigenvalue weighted by Crippen LogP contribution is 2.34. The van der Waals surface area contributed by atoms with Gasteiger partial charge in [-0.15, -0.1) is 0 Å². The van der Waals surface area contributed by atoms with Crippen LogP contribution in [0.1, 0.15) is 25.8 Å². The largest absolute Gasteiger partial charge is 0.497 e. The molecule has 0 spiro atoms. The molecule has 1 aromatic carbocycles. The second-order valence-electron chi connectivity index (χ2n) is 6.27. The maximum atomic E-state index is 12.9. The first-order valence-electron chi connectivity index (χ1n) is 7.17. The van der Waals surface area contributed by atoms with Gasteiger partial charge in [0.2, 0.25) is 10.0 Å². The fourth-order valence-corrected chi connectivity index (χ4v) is 4.55. The molecule has 118 valence electrons. The van der Waals surface area contributed by atoms with Gasteiger partial charge in [-0.3, -0.25) is 0 Å². The molecule has 1 aromatic rings. The minimum atomic E-state index is -3.47. The lowest BCUT2D eigenvalue weighted by molar-refractivity contribution is 0.375. The van der Waals surface area contributed by atoms with Crippen LogP contribution >= 0.6 is 0 Å². The fourth-order valence-electron chi connectivity index (χ4n) is 2.69. The highest BCUT2D eigenvalue weighted by atomic mass is 32.2. The third kappa shape index (κ3) is 3.39. The molecule has 0 atom stereocenters. The summed E-state index contributed by atoms with van der Waals surface area (Å²) in [5, 5.41) is 0. The molecule has 2 rings (SSSR count). The van der Waals surface area contributed by atoms with Gasteiger partial charge in [-0.2, -0.15) is 4.31 Å². The van der Waals surface area contributed by atoms with E-state index in [4.69, 9.17) is 10.5 Å². The minimum Gasteiger partial charge on any atom is -0.497 e. The molecular weight excluding hydrogens is 288 g/mol. The molecule has 0 unspecified atom stereocenters. The van der Waals surface area contributed by atoms with Gasteiger partial charge < -0.3 is 10.5 Å². The molecule has 1 aliphatic rings.